The first-order chi connectivity index (χ1) is 13.9. The third-order valence-electron chi connectivity index (χ3n) is 4.20. The van der Waals surface area contributed by atoms with Gasteiger partial charge in [0.2, 0.25) is 0 Å². The molecule has 0 radical (unpaired) electrons. The highest BCUT2D eigenvalue weighted by atomic mass is 16.5. The van der Waals surface area contributed by atoms with Crippen LogP contribution in [0, 0.1) is 0 Å². The van der Waals surface area contributed by atoms with Gasteiger partial charge in [0.25, 0.3) is 5.91 Å². The minimum atomic E-state index is -0.701. The lowest BCUT2D eigenvalue weighted by Crippen LogP contribution is -2.28. The molecule has 0 aliphatic heterocycles. The van der Waals surface area contributed by atoms with Crippen LogP contribution >= 0.6 is 0 Å². The number of nitrogens with one attached hydrogen (secondary N) is 1. The molecule has 0 aromatic heterocycles. The van der Waals surface area contributed by atoms with Gasteiger partial charge in [0.1, 0.15) is 11.3 Å². The van der Waals surface area contributed by atoms with E-state index in [1.807, 2.05) is 43.3 Å². The monoisotopic (exact) mass is 402 g/mol. The molecule has 2 rings (SSSR count). The summed E-state index contributed by atoms with van der Waals surface area (Å²) in [5.74, 6) is -0.0818. The van der Waals surface area contributed by atoms with Crippen LogP contribution in [-0.2, 0) is 16.1 Å². The largest absolute Gasteiger partial charge is 0.496 e. The fourth-order valence-corrected chi connectivity index (χ4v) is 2.56. The van der Waals surface area contributed by atoms with Crippen LogP contribution < -0.4 is 24.4 Å². The summed E-state index contributed by atoms with van der Waals surface area (Å²) in [7, 11) is 8.27. The molecule has 1 amide bonds. The van der Waals surface area contributed by atoms with Crippen LogP contribution in [0.3, 0.4) is 0 Å². The summed E-state index contributed by atoms with van der Waals surface area (Å²) >= 11 is 0. The second-order valence-corrected chi connectivity index (χ2v) is 6.32. The number of carbonyl (C=O) groups excluding carboxylic acids is 2. The van der Waals surface area contributed by atoms with Crippen LogP contribution in [0.2, 0.25) is 0 Å². The molecule has 0 aliphatic carbocycles. The van der Waals surface area contributed by atoms with Gasteiger partial charge in [0.15, 0.2) is 18.1 Å². The average molecular weight is 402 g/mol. The molecule has 8 nitrogen and oxygen atoms in total. The van der Waals surface area contributed by atoms with Crippen molar-refractivity contribution >= 4 is 17.6 Å². The molecule has 0 aliphatic rings. The number of hydrogen-bond acceptors (Lipinski definition) is 7. The highest BCUT2D eigenvalue weighted by molar-refractivity contribution is 5.95. The molecular formula is C21H26N2O6. The number of ether oxygens (including phenoxy) is 4. The minimum Gasteiger partial charge on any atom is -0.496 e. The Morgan fingerprint density at radius 1 is 0.897 bits per heavy atom. The van der Waals surface area contributed by atoms with E-state index in [0.717, 1.165) is 11.3 Å². The van der Waals surface area contributed by atoms with Crippen LogP contribution in [0.5, 0.6) is 17.2 Å². The van der Waals surface area contributed by atoms with Crippen molar-refractivity contribution in [2.75, 3.05) is 46.9 Å². The Bertz CT molecular complexity index is 849. The van der Waals surface area contributed by atoms with Crippen molar-refractivity contribution in [2.24, 2.45) is 0 Å². The van der Waals surface area contributed by atoms with E-state index < -0.39 is 18.5 Å². The molecule has 0 saturated carbocycles. The third kappa shape index (κ3) is 5.78. The first kappa shape index (κ1) is 21.9. The van der Waals surface area contributed by atoms with Crippen molar-refractivity contribution in [1.29, 1.82) is 0 Å². The summed E-state index contributed by atoms with van der Waals surface area (Å²) in [6.07, 6.45) is 0. The molecule has 1 N–H and O–H groups in total. The lowest BCUT2D eigenvalue weighted by atomic mass is 10.1. The van der Waals surface area contributed by atoms with Gasteiger partial charge in [-0.15, -0.1) is 0 Å². The molecule has 2 aromatic carbocycles. The number of nitrogens with zero attached hydrogens (tertiary/aromatic N) is 1. The van der Waals surface area contributed by atoms with Crippen molar-refractivity contribution in [1.82, 2.24) is 5.32 Å². The van der Waals surface area contributed by atoms with Gasteiger partial charge in [-0.05, 0) is 17.7 Å². The fourth-order valence-electron chi connectivity index (χ4n) is 2.56. The molecule has 0 unspecified atom stereocenters. The van der Waals surface area contributed by atoms with Crippen molar-refractivity contribution in [2.45, 2.75) is 6.54 Å². The van der Waals surface area contributed by atoms with Gasteiger partial charge >= 0.3 is 5.97 Å². The quantitative estimate of drug-likeness (QED) is 0.644. The Kier molecular flexibility index (Phi) is 7.70. The lowest BCUT2D eigenvalue weighted by Gasteiger charge is -2.14. The Labute approximate surface area is 170 Å². The smallest absolute Gasteiger partial charge is 0.342 e. The molecule has 0 heterocycles. The Morgan fingerprint density at radius 3 is 2.03 bits per heavy atom. The van der Waals surface area contributed by atoms with Crippen molar-refractivity contribution in [3.05, 3.63) is 47.5 Å². The van der Waals surface area contributed by atoms with Crippen LogP contribution in [0.15, 0.2) is 36.4 Å². The van der Waals surface area contributed by atoms with Crippen LogP contribution in [0.25, 0.3) is 0 Å². The van der Waals surface area contributed by atoms with Crippen LogP contribution in [-0.4, -0.2) is 53.9 Å². The number of anilines is 1. The Morgan fingerprint density at radius 2 is 1.48 bits per heavy atom. The lowest BCUT2D eigenvalue weighted by molar-refractivity contribution is -0.124. The Balaban J connectivity index is 1.93. The molecule has 2 aromatic rings. The molecule has 0 fully saturated rings. The van der Waals surface area contributed by atoms with E-state index in [0.29, 0.717) is 18.0 Å². The second kappa shape index (κ2) is 10.2. The number of hydrogen-bond donors (Lipinski definition) is 1. The maximum absolute atomic E-state index is 12.4. The van der Waals surface area contributed by atoms with E-state index >= 15 is 0 Å². The second-order valence-electron chi connectivity index (χ2n) is 6.32. The van der Waals surface area contributed by atoms with Crippen LogP contribution in [0.1, 0.15) is 15.9 Å². The normalized spacial score (nSPS) is 10.1. The highest BCUT2D eigenvalue weighted by Crippen LogP contribution is 2.34. The van der Waals surface area contributed by atoms with E-state index in [4.69, 9.17) is 18.9 Å². The van der Waals surface area contributed by atoms with Crippen molar-refractivity contribution < 1.29 is 28.5 Å². The van der Waals surface area contributed by atoms with E-state index in [1.165, 1.54) is 33.5 Å². The number of esters is 1. The molecule has 0 saturated heterocycles. The molecule has 0 spiro atoms. The van der Waals surface area contributed by atoms with E-state index in [1.54, 1.807) is 0 Å². The zero-order valence-corrected chi connectivity index (χ0v) is 17.3. The maximum atomic E-state index is 12.4. The van der Waals surface area contributed by atoms with Gasteiger partial charge in [-0.25, -0.2) is 4.79 Å². The van der Waals surface area contributed by atoms with E-state index in [2.05, 4.69) is 5.32 Å². The standard InChI is InChI=1S/C21H26N2O6/c1-23(2)15-8-6-14(7-9-15)12-22-20(24)13-29-21(25)16-10-18(27-4)19(28-5)11-17(16)26-3/h6-11H,12-13H2,1-5H3,(H,22,24). The first-order valence-electron chi connectivity index (χ1n) is 8.89. The summed E-state index contributed by atoms with van der Waals surface area (Å²) in [5, 5.41) is 2.72. The maximum Gasteiger partial charge on any atom is 0.342 e. The van der Waals surface area contributed by atoms with Gasteiger partial charge < -0.3 is 29.2 Å². The SMILES string of the molecule is COc1cc(OC)c(C(=O)OCC(=O)NCc2ccc(N(C)C)cc2)cc1OC. The topological polar surface area (TPSA) is 86.3 Å². The van der Waals surface area contributed by atoms with E-state index in [-0.39, 0.29) is 11.3 Å². The van der Waals surface area contributed by atoms with Gasteiger partial charge in [-0.2, -0.15) is 0 Å². The number of methoxy groups -OCH3 is 3. The third-order valence-corrected chi connectivity index (χ3v) is 4.20. The van der Waals surface area contributed by atoms with Gasteiger partial charge in [-0.3, -0.25) is 4.79 Å². The van der Waals surface area contributed by atoms with Gasteiger partial charge in [0.05, 0.1) is 21.3 Å². The molecule has 8 heteroatoms. The fraction of sp³-hybridized carbons (Fsp3) is 0.333. The summed E-state index contributed by atoms with van der Waals surface area (Å²) in [5.41, 5.74) is 2.15. The molecule has 156 valence electrons. The Hall–Kier alpha value is -3.42. The zero-order chi connectivity index (χ0) is 21.4. The molecule has 0 atom stereocenters. The van der Waals surface area contributed by atoms with Crippen molar-refractivity contribution in [3.8, 4) is 17.2 Å². The van der Waals surface area contributed by atoms with Crippen LogP contribution in [0.4, 0.5) is 5.69 Å². The summed E-state index contributed by atoms with van der Waals surface area (Å²) in [6.45, 7) is -0.0735. The van der Waals surface area contributed by atoms with Gasteiger partial charge in [-0.1, -0.05) is 12.1 Å². The predicted molar refractivity (Wildman–Crippen MR) is 109 cm³/mol. The molecule has 0 bridgehead atoms. The minimum absolute atomic E-state index is 0.136. The van der Waals surface area contributed by atoms with Crippen molar-refractivity contribution in [3.63, 3.8) is 0 Å². The first-order valence-corrected chi connectivity index (χ1v) is 8.89. The number of amides is 1. The predicted octanol–water partition coefficient (Wildman–Crippen LogP) is 2.25. The molecule has 29 heavy (non-hydrogen) atoms. The number of benzene rings is 2. The summed E-state index contributed by atoms with van der Waals surface area (Å²) in [4.78, 5) is 26.4. The summed E-state index contributed by atoms with van der Waals surface area (Å²) < 4.78 is 20.7. The number of carbonyl (C=O) groups is 2. The highest BCUT2D eigenvalue weighted by Gasteiger charge is 2.19. The average Bonchev–Trinajstić information content (AvgIpc) is 2.75. The zero-order valence-electron chi connectivity index (χ0n) is 17.3. The summed E-state index contributed by atoms with van der Waals surface area (Å²) in [6, 6.07) is 10.7. The van der Waals surface area contributed by atoms with E-state index in [9.17, 15) is 9.59 Å². The molecular weight excluding hydrogens is 376 g/mol. The van der Waals surface area contributed by atoms with Gasteiger partial charge in [0, 0.05) is 38.5 Å². The number of rotatable bonds is 9.